The molecule has 2 aromatic rings. The predicted molar refractivity (Wildman–Crippen MR) is 106 cm³/mol. The number of carbonyl (C=O) groups is 2. The van der Waals surface area contributed by atoms with Crippen molar-refractivity contribution in [2.75, 3.05) is 24.7 Å². The van der Waals surface area contributed by atoms with E-state index < -0.39 is 0 Å². The van der Waals surface area contributed by atoms with E-state index in [4.69, 9.17) is 4.74 Å². The molecular weight excluding hydrogens is 370 g/mol. The third kappa shape index (κ3) is 7.05. The zero-order chi connectivity index (χ0) is 18.9. The smallest absolute Gasteiger partial charge is 0.234 e. The molecule has 140 valence electrons. The van der Waals surface area contributed by atoms with Gasteiger partial charge in [-0.15, -0.1) is 11.3 Å². The third-order valence-electron chi connectivity index (χ3n) is 3.28. The van der Waals surface area contributed by atoms with Crippen molar-refractivity contribution in [1.82, 2.24) is 10.3 Å². The average Bonchev–Trinajstić information content (AvgIpc) is 3.06. The molecule has 2 N–H and O–H groups in total. The number of methoxy groups -OCH3 is 1. The maximum atomic E-state index is 12.0. The van der Waals surface area contributed by atoms with Crippen LogP contribution in [0.25, 0.3) is 0 Å². The standard InChI is InChI=1S/C18H23N3O3S2/c1-12(2)9-19-16(22)8-14-10-25-18(21-14)26-11-17(23)20-13-4-6-15(24-3)7-5-13/h4-7,10,12H,8-9,11H2,1-3H3,(H,19,22)(H,20,23). The van der Waals surface area contributed by atoms with Crippen LogP contribution in [0, 0.1) is 5.92 Å². The highest BCUT2D eigenvalue weighted by molar-refractivity contribution is 8.01. The van der Waals surface area contributed by atoms with Crippen LogP contribution in [0.4, 0.5) is 5.69 Å². The number of benzene rings is 1. The Bertz CT molecular complexity index is 730. The van der Waals surface area contributed by atoms with E-state index in [9.17, 15) is 9.59 Å². The van der Waals surface area contributed by atoms with Crippen LogP contribution < -0.4 is 15.4 Å². The second-order valence-corrected chi connectivity index (χ2v) is 8.13. The molecule has 0 aliphatic carbocycles. The zero-order valence-electron chi connectivity index (χ0n) is 15.1. The molecule has 0 fully saturated rings. The lowest BCUT2D eigenvalue weighted by Crippen LogP contribution is -2.28. The van der Waals surface area contributed by atoms with E-state index in [0.29, 0.717) is 12.5 Å². The Labute approximate surface area is 161 Å². The maximum absolute atomic E-state index is 12.0. The molecule has 1 heterocycles. The van der Waals surface area contributed by atoms with Crippen LogP contribution in [0.1, 0.15) is 19.5 Å². The highest BCUT2D eigenvalue weighted by atomic mass is 32.2. The molecule has 0 unspecified atom stereocenters. The van der Waals surface area contributed by atoms with E-state index in [2.05, 4.69) is 29.5 Å². The molecule has 6 nitrogen and oxygen atoms in total. The van der Waals surface area contributed by atoms with Gasteiger partial charge in [0.05, 0.1) is 25.0 Å². The van der Waals surface area contributed by atoms with E-state index in [1.807, 2.05) is 5.38 Å². The summed E-state index contributed by atoms with van der Waals surface area (Å²) in [5.41, 5.74) is 1.45. The first-order valence-electron chi connectivity index (χ1n) is 8.24. The minimum absolute atomic E-state index is 0.0298. The first kappa shape index (κ1) is 20.3. The van der Waals surface area contributed by atoms with Crippen molar-refractivity contribution < 1.29 is 14.3 Å². The second kappa shape index (κ2) is 10.2. The molecule has 2 rings (SSSR count). The summed E-state index contributed by atoms with van der Waals surface area (Å²) in [5, 5.41) is 7.56. The van der Waals surface area contributed by atoms with Crippen LogP contribution >= 0.6 is 23.1 Å². The van der Waals surface area contributed by atoms with Crippen molar-refractivity contribution >= 4 is 40.6 Å². The SMILES string of the molecule is COc1ccc(NC(=O)CSc2nc(CC(=O)NCC(C)C)cs2)cc1. The van der Waals surface area contributed by atoms with Gasteiger partial charge < -0.3 is 15.4 Å². The van der Waals surface area contributed by atoms with Gasteiger partial charge in [0.15, 0.2) is 4.34 Å². The van der Waals surface area contributed by atoms with Gasteiger partial charge in [0.1, 0.15) is 5.75 Å². The normalized spacial score (nSPS) is 10.6. The van der Waals surface area contributed by atoms with Gasteiger partial charge in [0, 0.05) is 17.6 Å². The number of rotatable bonds is 9. The van der Waals surface area contributed by atoms with Gasteiger partial charge in [-0.05, 0) is 30.2 Å². The summed E-state index contributed by atoms with van der Waals surface area (Å²) in [6.07, 6.45) is 0.266. The van der Waals surface area contributed by atoms with Crippen molar-refractivity contribution in [3.63, 3.8) is 0 Å². The molecule has 0 aliphatic rings. The van der Waals surface area contributed by atoms with Crippen LogP contribution in [-0.2, 0) is 16.0 Å². The average molecular weight is 394 g/mol. The summed E-state index contributed by atoms with van der Waals surface area (Å²) in [7, 11) is 1.60. The monoisotopic (exact) mass is 393 g/mol. The van der Waals surface area contributed by atoms with Gasteiger partial charge in [-0.25, -0.2) is 4.98 Å². The number of nitrogens with one attached hydrogen (secondary N) is 2. The number of ether oxygens (including phenoxy) is 1. The Morgan fingerprint density at radius 3 is 2.62 bits per heavy atom. The molecule has 2 amide bonds. The van der Waals surface area contributed by atoms with E-state index in [1.165, 1.54) is 23.1 Å². The minimum Gasteiger partial charge on any atom is -0.497 e. The largest absolute Gasteiger partial charge is 0.497 e. The third-order valence-corrected chi connectivity index (χ3v) is 5.35. The lowest BCUT2D eigenvalue weighted by molar-refractivity contribution is -0.120. The quantitative estimate of drug-likeness (QED) is 0.640. The summed E-state index contributed by atoms with van der Waals surface area (Å²) in [4.78, 5) is 28.2. The number of amides is 2. The number of thioether (sulfide) groups is 1. The highest BCUT2D eigenvalue weighted by Gasteiger charge is 2.10. The van der Waals surface area contributed by atoms with Crippen LogP contribution in [0.15, 0.2) is 34.0 Å². The molecule has 26 heavy (non-hydrogen) atoms. The molecule has 0 saturated carbocycles. The molecule has 0 spiro atoms. The molecule has 0 radical (unpaired) electrons. The van der Waals surface area contributed by atoms with Gasteiger partial charge >= 0.3 is 0 Å². The zero-order valence-corrected chi connectivity index (χ0v) is 16.7. The number of hydrogen-bond donors (Lipinski definition) is 2. The first-order chi connectivity index (χ1) is 12.5. The van der Waals surface area contributed by atoms with Gasteiger partial charge in [-0.1, -0.05) is 25.6 Å². The molecular formula is C18H23N3O3S2. The van der Waals surface area contributed by atoms with E-state index in [1.54, 1.807) is 31.4 Å². The fraction of sp³-hybridized carbons (Fsp3) is 0.389. The van der Waals surface area contributed by atoms with Gasteiger partial charge in [0.2, 0.25) is 11.8 Å². The maximum Gasteiger partial charge on any atom is 0.234 e. The minimum atomic E-state index is -0.105. The lowest BCUT2D eigenvalue weighted by atomic mass is 10.2. The highest BCUT2D eigenvalue weighted by Crippen LogP contribution is 2.23. The fourth-order valence-corrected chi connectivity index (χ4v) is 3.62. The van der Waals surface area contributed by atoms with Crippen LogP contribution in [0.3, 0.4) is 0 Å². The molecule has 0 atom stereocenters. The molecule has 0 bridgehead atoms. The van der Waals surface area contributed by atoms with Crippen molar-refractivity contribution in [2.24, 2.45) is 5.92 Å². The molecule has 0 saturated heterocycles. The van der Waals surface area contributed by atoms with Crippen molar-refractivity contribution in [3.8, 4) is 5.75 Å². The summed E-state index contributed by atoms with van der Waals surface area (Å²) in [6.45, 7) is 4.76. The first-order valence-corrected chi connectivity index (χ1v) is 10.1. The van der Waals surface area contributed by atoms with E-state index in [-0.39, 0.29) is 24.0 Å². The van der Waals surface area contributed by atoms with Gasteiger partial charge in [0.25, 0.3) is 0 Å². The molecule has 8 heteroatoms. The number of anilines is 1. The summed E-state index contributed by atoms with van der Waals surface area (Å²) < 4.78 is 5.86. The Morgan fingerprint density at radius 1 is 1.23 bits per heavy atom. The summed E-state index contributed by atoms with van der Waals surface area (Å²) >= 11 is 2.81. The lowest BCUT2D eigenvalue weighted by Gasteiger charge is -2.06. The van der Waals surface area contributed by atoms with Crippen LogP contribution in [0.2, 0.25) is 0 Å². The summed E-state index contributed by atoms with van der Waals surface area (Å²) in [5.74, 6) is 1.29. The van der Waals surface area contributed by atoms with Crippen LogP contribution in [0.5, 0.6) is 5.75 Å². The van der Waals surface area contributed by atoms with Gasteiger partial charge in [-0.2, -0.15) is 0 Å². The predicted octanol–water partition coefficient (Wildman–Crippen LogP) is 3.20. The van der Waals surface area contributed by atoms with Crippen molar-refractivity contribution in [3.05, 3.63) is 35.3 Å². The molecule has 1 aromatic carbocycles. The number of aromatic nitrogens is 1. The topological polar surface area (TPSA) is 80.3 Å². The molecule has 1 aromatic heterocycles. The number of thiazole rings is 1. The Balaban J connectivity index is 1.76. The van der Waals surface area contributed by atoms with E-state index >= 15 is 0 Å². The van der Waals surface area contributed by atoms with Gasteiger partial charge in [-0.3, -0.25) is 9.59 Å². The van der Waals surface area contributed by atoms with Crippen molar-refractivity contribution in [1.29, 1.82) is 0 Å². The number of carbonyl (C=O) groups excluding carboxylic acids is 2. The Morgan fingerprint density at radius 2 is 1.96 bits per heavy atom. The van der Waals surface area contributed by atoms with E-state index in [0.717, 1.165) is 21.5 Å². The second-order valence-electron chi connectivity index (χ2n) is 6.04. The van der Waals surface area contributed by atoms with Crippen molar-refractivity contribution in [2.45, 2.75) is 24.6 Å². The Hall–Kier alpha value is -2.06. The Kier molecular flexibility index (Phi) is 7.93. The molecule has 0 aliphatic heterocycles. The fourth-order valence-electron chi connectivity index (χ4n) is 1.98. The van der Waals surface area contributed by atoms with Crippen LogP contribution in [-0.4, -0.2) is 36.2 Å². The number of hydrogen-bond acceptors (Lipinski definition) is 6. The summed E-state index contributed by atoms with van der Waals surface area (Å²) in [6, 6.07) is 7.16. The number of nitrogens with zero attached hydrogens (tertiary/aromatic N) is 1.